The summed E-state index contributed by atoms with van der Waals surface area (Å²) >= 11 is 0. The van der Waals surface area contributed by atoms with E-state index in [1.165, 1.54) is 17.0 Å². The van der Waals surface area contributed by atoms with E-state index in [0.29, 0.717) is 19.4 Å². The zero-order valence-electron chi connectivity index (χ0n) is 13.2. The summed E-state index contributed by atoms with van der Waals surface area (Å²) < 4.78 is 18.8. The van der Waals surface area contributed by atoms with Crippen molar-refractivity contribution < 1.29 is 23.8 Å². The molecule has 1 aliphatic carbocycles. The fourth-order valence-electron chi connectivity index (χ4n) is 2.91. The molecule has 1 amide bonds. The summed E-state index contributed by atoms with van der Waals surface area (Å²) in [6, 6.07) is 6.12. The van der Waals surface area contributed by atoms with Gasteiger partial charge in [-0.25, -0.2) is 4.39 Å². The second-order valence-corrected chi connectivity index (χ2v) is 5.94. The van der Waals surface area contributed by atoms with Crippen LogP contribution in [0.15, 0.2) is 24.3 Å². The number of rotatable bonds is 6. The number of carboxylic acid groups (broad SMARTS) is 1. The third-order valence-corrected chi connectivity index (χ3v) is 4.27. The van der Waals surface area contributed by atoms with Crippen molar-refractivity contribution in [1.29, 1.82) is 0 Å². The molecule has 1 aliphatic rings. The molecular formula is C17H22FNO4. The zero-order valence-corrected chi connectivity index (χ0v) is 13.2. The average Bonchev–Trinajstić information content (AvgIpc) is 2.56. The molecule has 1 N–H and O–H groups in total. The van der Waals surface area contributed by atoms with Crippen LogP contribution in [0.3, 0.4) is 0 Å². The minimum Gasteiger partial charge on any atom is -0.489 e. The Labute approximate surface area is 135 Å². The lowest BCUT2D eigenvalue weighted by atomic mass is 9.81. The number of hydrogen-bond donors (Lipinski definition) is 1. The molecule has 126 valence electrons. The largest absolute Gasteiger partial charge is 0.489 e. The van der Waals surface area contributed by atoms with Gasteiger partial charge in [-0.05, 0) is 31.4 Å². The minimum absolute atomic E-state index is 0.0620. The van der Waals surface area contributed by atoms with Crippen molar-refractivity contribution in [3.8, 4) is 5.75 Å². The van der Waals surface area contributed by atoms with E-state index in [1.54, 1.807) is 19.2 Å². The maximum Gasteiger partial charge on any atom is 0.306 e. The minimum atomic E-state index is -0.826. The predicted octanol–water partition coefficient (Wildman–Crippen LogP) is 2.55. The van der Waals surface area contributed by atoms with Gasteiger partial charge >= 0.3 is 5.97 Å². The van der Waals surface area contributed by atoms with Crippen molar-refractivity contribution in [2.24, 2.45) is 11.8 Å². The number of hydrogen-bond acceptors (Lipinski definition) is 3. The molecular weight excluding hydrogens is 301 g/mol. The summed E-state index contributed by atoms with van der Waals surface area (Å²) in [6.45, 7) is 0.527. The van der Waals surface area contributed by atoms with E-state index in [-0.39, 0.29) is 24.2 Å². The maximum atomic E-state index is 13.4. The Morgan fingerprint density at radius 1 is 1.30 bits per heavy atom. The molecule has 0 bridgehead atoms. The Kier molecular flexibility index (Phi) is 5.96. The molecule has 0 spiro atoms. The topological polar surface area (TPSA) is 66.8 Å². The number of aliphatic carboxylic acids is 1. The fraction of sp³-hybridized carbons (Fsp3) is 0.529. The summed E-state index contributed by atoms with van der Waals surface area (Å²) in [7, 11) is 1.66. The first-order valence-corrected chi connectivity index (χ1v) is 7.84. The monoisotopic (exact) mass is 323 g/mol. The normalized spacial score (nSPS) is 20.8. The molecule has 1 fully saturated rings. The molecule has 2 rings (SSSR count). The molecule has 6 heteroatoms. The summed E-state index contributed by atoms with van der Waals surface area (Å²) in [5.74, 6) is -1.83. The molecule has 0 heterocycles. The summed E-state index contributed by atoms with van der Waals surface area (Å²) in [5, 5.41) is 9.09. The average molecular weight is 323 g/mol. The standard InChI is InChI=1S/C17H22FNO4/c1-19(9-10-23-15-8-3-2-7-14(15)18)16(20)12-5-4-6-13(11-12)17(21)22/h2-3,7-8,12-13H,4-6,9-11H2,1H3,(H,21,22). The van der Waals surface area contributed by atoms with Crippen molar-refractivity contribution in [2.75, 3.05) is 20.2 Å². The SMILES string of the molecule is CN(CCOc1ccccc1F)C(=O)C1CCCC(C(=O)O)C1. The number of ether oxygens (including phenoxy) is 1. The number of benzene rings is 1. The molecule has 1 aromatic rings. The van der Waals surface area contributed by atoms with Crippen LogP contribution in [-0.2, 0) is 9.59 Å². The van der Waals surface area contributed by atoms with Crippen LogP contribution < -0.4 is 4.74 Å². The van der Waals surface area contributed by atoms with Crippen molar-refractivity contribution in [3.63, 3.8) is 0 Å². The highest BCUT2D eigenvalue weighted by Crippen LogP contribution is 2.30. The number of carboxylic acids is 1. The lowest BCUT2D eigenvalue weighted by Gasteiger charge is -2.29. The molecule has 0 aromatic heterocycles. The van der Waals surface area contributed by atoms with Crippen LogP contribution in [0.4, 0.5) is 4.39 Å². The quantitative estimate of drug-likeness (QED) is 0.874. The number of amides is 1. The van der Waals surface area contributed by atoms with Crippen LogP contribution in [0.2, 0.25) is 0 Å². The Hall–Kier alpha value is -2.11. The molecule has 5 nitrogen and oxygen atoms in total. The molecule has 1 aromatic carbocycles. The number of nitrogens with zero attached hydrogens (tertiary/aromatic N) is 1. The number of likely N-dealkylation sites (N-methyl/N-ethyl adjacent to an activating group) is 1. The molecule has 2 unspecified atom stereocenters. The molecule has 0 radical (unpaired) electrons. The lowest BCUT2D eigenvalue weighted by Crippen LogP contribution is -2.38. The predicted molar refractivity (Wildman–Crippen MR) is 82.6 cm³/mol. The van der Waals surface area contributed by atoms with Gasteiger partial charge in [0.05, 0.1) is 12.5 Å². The number of carbonyl (C=O) groups is 2. The number of carbonyl (C=O) groups excluding carboxylic acids is 1. The van der Waals surface area contributed by atoms with Crippen molar-refractivity contribution in [3.05, 3.63) is 30.1 Å². The Morgan fingerprint density at radius 2 is 2.00 bits per heavy atom. The maximum absolute atomic E-state index is 13.4. The van der Waals surface area contributed by atoms with Gasteiger partial charge in [-0.1, -0.05) is 18.6 Å². The van der Waals surface area contributed by atoms with Crippen LogP contribution in [0.1, 0.15) is 25.7 Å². The molecule has 0 saturated heterocycles. The second-order valence-electron chi connectivity index (χ2n) is 5.94. The molecule has 1 saturated carbocycles. The van der Waals surface area contributed by atoms with Gasteiger partial charge in [0, 0.05) is 13.0 Å². The second kappa shape index (κ2) is 7.94. The van der Waals surface area contributed by atoms with Crippen LogP contribution in [-0.4, -0.2) is 42.1 Å². The van der Waals surface area contributed by atoms with Gasteiger partial charge in [0.25, 0.3) is 0 Å². The van der Waals surface area contributed by atoms with E-state index < -0.39 is 17.7 Å². The van der Waals surface area contributed by atoms with E-state index in [2.05, 4.69) is 0 Å². The third-order valence-electron chi connectivity index (χ3n) is 4.27. The molecule has 2 atom stereocenters. The van der Waals surface area contributed by atoms with E-state index in [0.717, 1.165) is 12.8 Å². The van der Waals surface area contributed by atoms with Gasteiger partial charge in [0.1, 0.15) is 6.61 Å². The first-order valence-electron chi connectivity index (χ1n) is 7.84. The van der Waals surface area contributed by atoms with E-state index in [4.69, 9.17) is 9.84 Å². The van der Waals surface area contributed by atoms with Gasteiger partial charge in [-0.3, -0.25) is 9.59 Å². The van der Waals surface area contributed by atoms with Crippen LogP contribution in [0.25, 0.3) is 0 Å². The zero-order chi connectivity index (χ0) is 16.8. The Morgan fingerprint density at radius 3 is 2.70 bits per heavy atom. The first-order chi connectivity index (χ1) is 11.0. The highest BCUT2D eigenvalue weighted by Gasteiger charge is 2.32. The third kappa shape index (κ3) is 4.68. The Bertz CT molecular complexity index is 563. The number of halogens is 1. The van der Waals surface area contributed by atoms with Gasteiger partial charge in [0.2, 0.25) is 5.91 Å². The Balaban J connectivity index is 1.81. The van der Waals surface area contributed by atoms with Gasteiger partial charge in [-0.2, -0.15) is 0 Å². The summed E-state index contributed by atoms with van der Waals surface area (Å²) in [6.07, 6.45) is 2.51. The molecule has 0 aliphatic heterocycles. The van der Waals surface area contributed by atoms with Gasteiger partial charge in [-0.15, -0.1) is 0 Å². The van der Waals surface area contributed by atoms with Crippen molar-refractivity contribution in [1.82, 2.24) is 4.90 Å². The highest BCUT2D eigenvalue weighted by atomic mass is 19.1. The van der Waals surface area contributed by atoms with Crippen molar-refractivity contribution >= 4 is 11.9 Å². The summed E-state index contributed by atoms with van der Waals surface area (Å²) in [4.78, 5) is 25.0. The van der Waals surface area contributed by atoms with Gasteiger partial charge < -0.3 is 14.7 Å². The first kappa shape index (κ1) is 17.2. The van der Waals surface area contributed by atoms with Gasteiger partial charge in [0.15, 0.2) is 11.6 Å². The highest BCUT2D eigenvalue weighted by molar-refractivity contribution is 5.80. The fourth-order valence-corrected chi connectivity index (χ4v) is 2.91. The van der Waals surface area contributed by atoms with E-state index >= 15 is 0 Å². The smallest absolute Gasteiger partial charge is 0.306 e. The lowest BCUT2D eigenvalue weighted by molar-refractivity contribution is -0.145. The van der Waals surface area contributed by atoms with E-state index in [9.17, 15) is 14.0 Å². The molecule has 23 heavy (non-hydrogen) atoms. The van der Waals surface area contributed by atoms with Crippen LogP contribution in [0.5, 0.6) is 5.75 Å². The number of para-hydroxylation sites is 1. The van der Waals surface area contributed by atoms with Crippen LogP contribution in [0, 0.1) is 17.7 Å². The van der Waals surface area contributed by atoms with Crippen LogP contribution >= 0.6 is 0 Å². The van der Waals surface area contributed by atoms with Crippen molar-refractivity contribution in [2.45, 2.75) is 25.7 Å². The summed E-state index contributed by atoms with van der Waals surface area (Å²) in [5.41, 5.74) is 0. The van der Waals surface area contributed by atoms with E-state index in [1.807, 2.05) is 0 Å².